The van der Waals surface area contributed by atoms with Crippen LogP contribution in [0.2, 0.25) is 0 Å². The summed E-state index contributed by atoms with van der Waals surface area (Å²) in [5.41, 5.74) is 1.30. The molecular formula is C17H19FNO2P. The van der Waals surface area contributed by atoms with Crippen molar-refractivity contribution >= 4 is 7.52 Å². The van der Waals surface area contributed by atoms with E-state index in [0.29, 0.717) is 5.56 Å². The minimum atomic E-state index is -3.59. The third-order valence-corrected chi connectivity index (χ3v) is 6.87. The van der Waals surface area contributed by atoms with E-state index >= 15 is 0 Å². The fraction of sp³-hybridized carbons (Fsp3) is 0.294. The summed E-state index contributed by atoms with van der Waals surface area (Å²) < 4.78 is 35.4. The monoisotopic (exact) mass is 319 g/mol. The number of benzene rings is 2. The van der Waals surface area contributed by atoms with E-state index in [9.17, 15) is 8.96 Å². The maximum Gasteiger partial charge on any atom is 0.311 e. The Morgan fingerprint density at radius 3 is 2.23 bits per heavy atom. The molecule has 2 aromatic carbocycles. The molecule has 5 heteroatoms. The van der Waals surface area contributed by atoms with Crippen LogP contribution in [-0.2, 0) is 9.09 Å². The summed E-state index contributed by atoms with van der Waals surface area (Å²) in [6.07, 6.45) is -0.390. The molecule has 1 aliphatic rings. The van der Waals surface area contributed by atoms with Gasteiger partial charge in [-0.2, -0.15) is 0 Å². The zero-order chi connectivity index (χ0) is 15.7. The van der Waals surface area contributed by atoms with Gasteiger partial charge in [0.25, 0.3) is 0 Å². The summed E-state index contributed by atoms with van der Waals surface area (Å²) >= 11 is 0. The van der Waals surface area contributed by atoms with Crippen LogP contribution in [0.1, 0.15) is 30.1 Å². The Morgan fingerprint density at radius 1 is 1.09 bits per heavy atom. The highest BCUT2D eigenvalue weighted by molar-refractivity contribution is 7.56. The highest BCUT2D eigenvalue weighted by atomic mass is 31.2. The van der Waals surface area contributed by atoms with Crippen LogP contribution in [0.5, 0.6) is 0 Å². The fourth-order valence-electron chi connectivity index (χ4n) is 2.77. The van der Waals surface area contributed by atoms with Gasteiger partial charge in [-0.15, -0.1) is 0 Å². The standard InChI is InChI=1S/C17H19FNO2P/c1-13-16(14-9-5-3-6-10-14)21-22(20,19(13)2)17(18)15-11-7-4-8-12-15/h3-13,16-17H,1-2H3/t13-,16-,17+,22?/m0/s1. The second-order valence-corrected chi connectivity index (χ2v) is 7.98. The SMILES string of the molecule is C[C@H]1[C@@H](c2ccccc2)OP(=O)([C@@H](F)c2ccccc2)N1C. The Labute approximate surface area is 130 Å². The van der Waals surface area contributed by atoms with Gasteiger partial charge in [0.15, 0.2) is 0 Å². The molecule has 1 heterocycles. The summed E-state index contributed by atoms with van der Waals surface area (Å²) in [7, 11) is -1.91. The van der Waals surface area contributed by atoms with Gasteiger partial charge in [-0.25, -0.2) is 9.06 Å². The van der Waals surface area contributed by atoms with Crippen LogP contribution in [-0.4, -0.2) is 17.8 Å². The van der Waals surface area contributed by atoms with E-state index in [1.807, 2.05) is 37.3 Å². The molecule has 0 aromatic heterocycles. The van der Waals surface area contributed by atoms with Crippen LogP contribution in [0.4, 0.5) is 4.39 Å². The molecule has 1 aliphatic heterocycles. The largest absolute Gasteiger partial charge is 0.311 e. The average Bonchev–Trinajstić information content (AvgIpc) is 2.81. The molecule has 0 aliphatic carbocycles. The van der Waals surface area contributed by atoms with Gasteiger partial charge in [-0.1, -0.05) is 60.7 Å². The fourth-order valence-corrected chi connectivity index (χ4v) is 5.15. The lowest BCUT2D eigenvalue weighted by Crippen LogP contribution is -2.24. The minimum absolute atomic E-state index is 0.157. The summed E-state index contributed by atoms with van der Waals surface area (Å²) in [5.74, 6) is -1.64. The van der Waals surface area contributed by atoms with Crippen LogP contribution in [0.15, 0.2) is 60.7 Å². The topological polar surface area (TPSA) is 29.5 Å². The number of hydrogen-bond donors (Lipinski definition) is 0. The van der Waals surface area contributed by atoms with Crippen molar-refractivity contribution in [1.29, 1.82) is 0 Å². The summed E-state index contributed by atoms with van der Waals surface area (Å²) in [6, 6.07) is 18.0. The van der Waals surface area contributed by atoms with Crippen molar-refractivity contribution in [1.82, 2.24) is 4.67 Å². The predicted octanol–water partition coefficient (Wildman–Crippen LogP) is 4.94. The number of alkyl halides is 1. The van der Waals surface area contributed by atoms with Crippen LogP contribution in [0.3, 0.4) is 0 Å². The lowest BCUT2D eigenvalue weighted by Gasteiger charge is -2.23. The Bertz CT molecular complexity index is 680. The van der Waals surface area contributed by atoms with E-state index in [2.05, 4.69) is 0 Å². The molecule has 0 N–H and O–H groups in total. The summed E-state index contributed by atoms with van der Waals surface area (Å²) in [4.78, 5) is 0. The Kier molecular flexibility index (Phi) is 4.18. The van der Waals surface area contributed by atoms with Gasteiger partial charge in [-0.05, 0) is 25.1 Å². The van der Waals surface area contributed by atoms with E-state index in [-0.39, 0.29) is 12.1 Å². The third kappa shape index (κ3) is 2.52. The van der Waals surface area contributed by atoms with Crippen molar-refractivity contribution in [2.24, 2.45) is 0 Å². The molecule has 0 radical (unpaired) electrons. The first-order valence-electron chi connectivity index (χ1n) is 7.29. The molecule has 0 spiro atoms. The number of rotatable bonds is 3. The third-order valence-electron chi connectivity index (χ3n) is 4.22. The van der Waals surface area contributed by atoms with E-state index < -0.39 is 13.4 Å². The highest BCUT2D eigenvalue weighted by Crippen LogP contribution is 2.70. The maximum absolute atomic E-state index is 14.9. The molecule has 1 unspecified atom stereocenters. The summed E-state index contributed by atoms with van der Waals surface area (Å²) in [6.45, 7) is 1.91. The van der Waals surface area contributed by atoms with Crippen molar-refractivity contribution in [3.8, 4) is 0 Å². The smallest absolute Gasteiger partial charge is 0.305 e. The van der Waals surface area contributed by atoms with Gasteiger partial charge < -0.3 is 4.52 Å². The molecule has 116 valence electrons. The zero-order valence-corrected chi connectivity index (χ0v) is 13.5. The van der Waals surface area contributed by atoms with Crippen molar-refractivity contribution in [3.05, 3.63) is 71.8 Å². The Balaban J connectivity index is 1.93. The molecule has 2 aromatic rings. The maximum atomic E-state index is 14.9. The van der Waals surface area contributed by atoms with Gasteiger partial charge in [0, 0.05) is 6.04 Å². The molecule has 4 atom stereocenters. The quantitative estimate of drug-likeness (QED) is 0.751. The molecule has 3 rings (SSSR count). The van der Waals surface area contributed by atoms with Crippen LogP contribution in [0, 0.1) is 0 Å². The number of nitrogens with zero attached hydrogens (tertiary/aromatic N) is 1. The van der Waals surface area contributed by atoms with Crippen molar-refractivity contribution in [3.63, 3.8) is 0 Å². The van der Waals surface area contributed by atoms with Crippen LogP contribution in [0.25, 0.3) is 0 Å². The minimum Gasteiger partial charge on any atom is -0.305 e. The van der Waals surface area contributed by atoms with Gasteiger partial charge in [0.2, 0.25) is 5.91 Å². The van der Waals surface area contributed by atoms with Crippen molar-refractivity contribution in [2.45, 2.75) is 25.0 Å². The number of hydrogen-bond acceptors (Lipinski definition) is 2. The normalized spacial score (nSPS) is 30.3. The molecule has 3 nitrogen and oxygen atoms in total. The second-order valence-electron chi connectivity index (χ2n) is 5.56. The van der Waals surface area contributed by atoms with E-state index in [0.717, 1.165) is 5.56 Å². The van der Waals surface area contributed by atoms with Gasteiger partial charge in [-0.3, -0.25) is 4.57 Å². The predicted molar refractivity (Wildman–Crippen MR) is 85.4 cm³/mol. The molecule has 1 saturated heterocycles. The zero-order valence-electron chi connectivity index (χ0n) is 12.6. The molecule has 22 heavy (non-hydrogen) atoms. The van der Waals surface area contributed by atoms with Gasteiger partial charge >= 0.3 is 7.52 Å². The lowest BCUT2D eigenvalue weighted by atomic mass is 10.0. The first kappa shape index (κ1) is 15.4. The number of likely N-dealkylation sites (N-methyl/N-ethyl adjacent to an activating group) is 1. The van der Waals surface area contributed by atoms with Crippen molar-refractivity contribution in [2.75, 3.05) is 7.05 Å². The van der Waals surface area contributed by atoms with Crippen LogP contribution < -0.4 is 0 Å². The molecule has 1 fully saturated rings. The van der Waals surface area contributed by atoms with Gasteiger partial charge in [0.05, 0.1) is 0 Å². The Hall–Kier alpha value is -1.48. The molecule has 0 bridgehead atoms. The number of halogens is 1. The van der Waals surface area contributed by atoms with E-state index in [1.54, 1.807) is 42.0 Å². The molecular weight excluding hydrogens is 300 g/mol. The van der Waals surface area contributed by atoms with E-state index in [4.69, 9.17) is 4.52 Å². The lowest BCUT2D eigenvalue weighted by molar-refractivity contribution is 0.203. The van der Waals surface area contributed by atoms with Gasteiger partial charge in [0.1, 0.15) is 6.10 Å². The second kappa shape index (κ2) is 5.96. The van der Waals surface area contributed by atoms with E-state index in [1.165, 1.54) is 0 Å². The highest BCUT2D eigenvalue weighted by Gasteiger charge is 2.52. The van der Waals surface area contributed by atoms with Crippen LogP contribution >= 0.6 is 7.52 Å². The first-order valence-corrected chi connectivity index (χ1v) is 8.94. The molecule has 0 saturated carbocycles. The van der Waals surface area contributed by atoms with Crippen molar-refractivity contribution < 1.29 is 13.5 Å². The Morgan fingerprint density at radius 2 is 1.64 bits per heavy atom. The average molecular weight is 319 g/mol. The summed E-state index contributed by atoms with van der Waals surface area (Å²) in [5, 5.41) is 0. The molecule has 0 amide bonds. The first-order chi connectivity index (χ1) is 10.5.